The number of hydrogen-bond acceptors (Lipinski definition) is 8. The summed E-state index contributed by atoms with van der Waals surface area (Å²) in [4.78, 5) is 11.4. The molecule has 0 unspecified atom stereocenters. The molecule has 0 radical (unpaired) electrons. The quantitative estimate of drug-likeness (QED) is 0.262. The summed E-state index contributed by atoms with van der Waals surface area (Å²) in [7, 11) is 7.51. The number of rotatable bonds is 11. The van der Waals surface area contributed by atoms with E-state index < -0.39 is 12.6 Å². The summed E-state index contributed by atoms with van der Waals surface area (Å²) in [5.41, 5.74) is 2.82. The van der Waals surface area contributed by atoms with Crippen LogP contribution in [0.1, 0.15) is 0 Å². The number of para-hydroxylation sites is 1. The number of aromatic nitrogens is 2. The summed E-state index contributed by atoms with van der Waals surface area (Å²) in [6.07, 6.45) is 0. The van der Waals surface area contributed by atoms with Crippen LogP contribution in [0, 0.1) is 0 Å². The van der Waals surface area contributed by atoms with Gasteiger partial charge in [-0.2, -0.15) is 5.10 Å². The molecule has 0 amide bonds. The van der Waals surface area contributed by atoms with Gasteiger partial charge < -0.3 is 33.5 Å². The van der Waals surface area contributed by atoms with Gasteiger partial charge in [-0.05, 0) is 42.5 Å². The molecule has 0 atom stereocenters. The van der Waals surface area contributed by atoms with Gasteiger partial charge in [0, 0.05) is 16.7 Å². The molecule has 11 heteroatoms. The van der Waals surface area contributed by atoms with Gasteiger partial charge >= 0.3 is 5.97 Å². The van der Waals surface area contributed by atoms with Crippen LogP contribution in [0.15, 0.2) is 54.6 Å². The zero-order valence-electron chi connectivity index (χ0n) is 22.0. The maximum Gasteiger partial charge on any atom is 0.341 e. The van der Waals surface area contributed by atoms with Crippen molar-refractivity contribution in [3.63, 3.8) is 0 Å². The molecule has 1 aromatic heterocycles. The van der Waals surface area contributed by atoms with Crippen molar-refractivity contribution in [3.05, 3.63) is 59.6 Å². The van der Waals surface area contributed by atoms with Crippen molar-refractivity contribution in [2.45, 2.75) is 0 Å². The van der Waals surface area contributed by atoms with E-state index in [1.165, 1.54) is 27.4 Å². The minimum Gasteiger partial charge on any atom is -0.493 e. The lowest BCUT2D eigenvalue weighted by Crippen LogP contribution is -2.11. The molecule has 0 fully saturated rings. The fourth-order valence-electron chi connectivity index (χ4n) is 4.19. The number of nitrogens with zero attached hydrogens (tertiary/aromatic N) is 2. The molecule has 4 rings (SSSR count). The van der Waals surface area contributed by atoms with E-state index in [0.717, 1.165) is 0 Å². The number of aliphatic carboxylic acids is 1. The molecule has 3 aromatic carbocycles. The summed E-state index contributed by atoms with van der Waals surface area (Å²) in [6.45, 7) is -0.597. The Morgan fingerprint density at radius 2 is 1.49 bits per heavy atom. The van der Waals surface area contributed by atoms with Crippen LogP contribution < -0.4 is 28.4 Å². The maximum absolute atomic E-state index is 11.4. The largest absolute Gasteiger partial charge is 0.493 e. The Balaban J connectivity index is 2.06. The minimum atomic E-state index is -1.15. The lowest BCUT2D eigenvalue weighted by Gasteiger charge is -2.18. The molecule has 0 spiro atoms. The number of halogens is 1. The molecule has 0 bridgehead atoms. The first-order valence-electron chi connectivity index (χ1n) is 11.6. The molecular weight excluding hydrogens is 528 g/mol. The highest BCUT2D eigenvalue weighted by molar-refractivity contribution is 6.30. The minimum absolute atomic E-state index is 0.178. The monoisotopic (exact) mass is 554 g/mol. The summed E-state index contributed by atoms with van der Waals surface area (Å²) in [5.74, 6) is 0.907. The van der Waals surface area contributed by atoms with Crippen LogP contribution >= 0.6 is 11.6 Å². The highest BCUT2D eigenvalue weighted by Crippen LogP contribution is 2.51. The SMILES string of the molecule is COc1cccc(-c2cc(-c3c(OCC(=O)O)cc(OC)c(OC)c3OC)nn2-c2ccc(Cl)cc2)c1OC. The number of carboxylic acids is 1. The van der Waals surface area contributed by atoms with Crippen molar-refractivity contribution in [3.8, 4) is 62.7 Å². The Kier molecular flexibility index (Phi) is 8.36. The van der Waals surface area contributed by atoms with Crippen LogP contribution in [0.5, 0.6) is 34.5 Å². The van der Waals surface area contributed by atoms with Crippen LogP contribution in [0.25, 0.3) is 28.2 Å². The Morgan fingerprint density at radius 1 is 0.821 bits per heavy atom. The van der Waals surface area contributed by atoms with Gasteiger partial charge in [0.15, 0.2) is 29.6 Å². The summed E-state index contributed by atoms with van der Waals surface area (Å²) >= 11 is 6.15. The van der Waals surface area contributed by atoms with E-state index >= 15 is 0 Å². The average molecular weight is 555 g/mol. The number of ether oxygens (including phenoxy) is 6. The van der Waals surface area contributed by atoms with Gasteiger partial charge in [0.05, 0.1) is 52.5 Å². The standard InChI is InChI=1S/C28H27ClN2O8/c1-34-21-8-6-7-18(26(21)36-3)20-13-19(30-31(20)17-11-9-16(29)10-12-17)25-22(39-15-24(32)33)14-23(35-2)27(37-4)28(25)38-5/h6-14H,15H2,1-5H3,(H,32,33). The van der Waals surface area contributed by atoms with Crippen LogP contribution in [0.2, 0.25) is 5.02 Å². The van der Waals surface area contributed by atoms with Crippen molar-refractivity contribution in [2.75, 3.05) is 42.2 Å². The van der Waals surface area contributed by atoms with Gasteiger partial charge in [0.1, 0.15) is 11.4 Å². The molecule has 4 aromatic rings. The number of hydrogen-bond donors (Lipinski definition) is 1. The second-order valence-corrected chi connectivity index (χ2v) is 8.48. The van der Waals surface area contributed by atoms with Crippen molar-refractivity contribution in [2.24, 2.45) is 0 Å². The molecule has 0 aliphatic heterocycles. The van der Waals surface area contributed by atoms with E-state index in [-0.39, 0.29) is 11.5 Å². The van der Waals surface area contributed by atoms with E-state index in [1.54, 1.807) is 37.1 Å². The van der Waals surface area contributed by atoms with Crippen molar-refractivity contribution in [1.82, 2.24) is 9.78 Å². The van der Waals surface area contributed by atoms with Gasteiger partial charge in [-0.25, -0.2) is 9.48 Å². The first kappa shape index (κ1) is 27.5. The van der Waals surface area contributed by atoms with Crippen LogP contribution in [0.3, 0.4) is 0 Å². The Labute approximate surface area is 230 Å². The van der Waals surface area contributed by atoms with Crippen molar-refractivity contribution in [1.29, 1.82) is 0 Å². The number of methoxy groups -OCH3 is 5. The number of carboxylic acid groups (broad SMARTS) is 1. The first-order valence-corrected chi connectivity index (χ1v) is 12.0. The van der Waals surface area contributed by atoms with Crippen LogP contribution in [-0.4, -0.2) is 63.0 Å². The second kappa shape index (κ2) is 11.9. The zero-order chi connectivity index (χ0) is 28.1. The van der Waals surface area contributed by atoms with Gasteiger partial charge in [-0.15, -0.1) is 0 Å². The highest BCUT2D eigenvalue weighted by atomic mass is 35.5. The number of carbonyl (C=O) groups is 1. The summed E-state index contributed by atoms with van der Waals surface area (Å²) in [5, 5.41) is 14.8. The normalized spacial score (nSPS) is 10.6. The van der Waals surface area contributed by atoms with Crippen LogP contribution in [-0.2, 0) is 4.79 Å². The number of benzene rings is 3. The third-order valence-electron chi connectivity index (χ3n) is 5.86. The average Bonchev–Trinajstić information content (AvgIpc) is 3.39. The molecular formula is C28H27ClN2O8. The molecule has 39 heavy (non-hydrogen) atoms. The molecule has 0 saturated heterocycles. The summed E-state index contributed by atoms with van der Waals surface area (Å²) < 4.78 is 35.4. The smallest absolute Gasteiger partial charge is 0.341 e. The predicted molar refractivity (Wildman–Crippen MR) is 145 cm³/mol. The Bertz CT molecular complexity index is 1480. The molecule has 1 N–H and O–H groups in total. The molecule has 0 aliphatic rings. The summed E-state index contributed by atoms with van der Waals surface area (Å²) in [6, 6.07) is 16.0. The lowest BCUT2D eigenvalue weighted by atomic mass is 10.0. The second-order valence-electron chi connectivity index (χ2n) is 8.04. The van der Waals surface area contributed by atoms with Gasteiger partial charge in [0.2, 0.25) is 5.75 Å². The predicted octanol–water partition coefficient (Wildman–Crippen LogP) is 5.37. The lowest BCUT2D eigenvalue weighted by molar-refractivity contribution is -0.139. The Hall–Kier alpha value is -4.57. The van der Waals surface area contributed by atoms with Crippen LogP contribution in [0.4, 0.5) is 0 Å². The van der Waals surface area contributed by atoms with Crippen molar-refractivity contribution < 1.29 is 38.3 Å². The highest BCUT2D eigenvalue weighted by Gasteiger charge is 2.27. The zero-order valence-corrected chi connectivity index (χ0v) is 22.7. The molecule has 204 valence electrons. The van der Waals surface area contributed by atoms with Gasteiger partial charge in [0.25, 0.3) is 0 Å². The van der Waals surface area contributed by atoms with Crippen molar-refractivity contribution >= 4 is 17.6 Å². The van der Waals surface area contributed by atoms with E-state index in [4.69, 9.17) is 45.1 Å². The fraction of sp³-hybridized carbons (Fsp3) is 0.214. The first-order chi connectivity index (χ1) is 18.9. The topological polar surface area (TPSA) is 111 Å². The van der Waals surface area contributed by atoms with E-state index in [1.807, 2.05) is 30.3 Å². The molecule has 0 saturated carbocycles. The van der Waals surface area contributed by atoms with E-state index in [9.17, 15) is 9.90 Å². The van der Waals surface area contributed by atoms with Gasteiger partial charge in [-0.3, -0.25) is 0 Å². The van der Waals surface area contributed by atoms with E-state index in [0.29, 0.717) is 56.2 Å². The van der Waals surface area contributed by atoms with E-state index in [2.05, 4.69) is 0 Å². The van der Waals surface area contributed by atoms with Gasteiger partial charge in [-0.1, -0.05) is 17.7 Å². The maximum atomic E-state index is 11.4. The Morgan fingerprint density at radius 3 is 2.08 bits per heavy atom. The fourth-order valence-corrected chi connectivity index (χ4v) is 4.32. The molecule has 0 aliphatic carbocycles. The molecule has 10 nitrogen and oxygen atoms in total. The third kappa shape index (κ3) is 5.37. The molecule has 1 heterocycles. The third-order valence-corrected chi connectivity index (χ3v) is 6.11.